The number of amides is 1. The number of carbonyl (C=O) groups is 1. The molecule has 0 aliphatic heterocycles. The Kier molecular flexibility index (Phi) is 6.55. The van der Waals surface area contributed by atoms with Gasteiger partial charge in [-0.2, -0.15) is 8.78 Å². The molecule has 1 amide bonds. The summed E-state index contributed by atoms with van der Waals surface area (Å²) in [5, 5.41) is 4.71. The predicted molar refractivity (Wildman–Crippen MR) is 88.6 cm³/mol. The molecule has 3 nitrogen and oxygen atoms in total. The number of halogens is 2. The van der Waals surface area contributed by atoms with Gasteiger partial charge in [0, 0.05) is 16.1 Å². The molecule has 2 rings (SSSR count). The number of nitrogens with one attached hydrogen (secondary N) is 1. The van der Waals surface area contributed by atoms with Crippen LogP contribution in [-0.2, 0) is 4.79 Å². The molecule has 3 N–H and O–H groups in total. The van der Waals surface area contributed by atoms with Crippen LogP contribution in [0.4, 0.5) is 14.5 Å². The number of alkyl halides is 2. The minimum absolute atomic E-state index is 0.123. The number of nitrogens with two attached hydrogens (primary N) is 1. The first-order chi connectivity index (χ1) is 11.0. The van der Waals surface area contributed by atoms with E-state index in [1.807, 2.05) is 42.6 Å². The van der Waals surface area contributed by atoms with Gasteiger partial charge >= 0.3 is 0 Å². The Morgan fingerprint density at radius 2 is 1.78 bits per heavy atom. The molecule has 122 valence electrons. The molecular weight excluding hydrogens is 318 g/mol. The van der Waals surface area contributed by atoms with Crippen LogP contribution in [0.1, 0.15) is 18.5 Å². The van der Waals surface area contributed by atoms with E-state index in [-0.39, 0.29) is 11.9 Å². The number of benzene rings is 2. The van der Waals surface area contributed by atoms with E-state index in [0.29, 0.717) is 28.9 Å². The summed E-state index contributed by atoms with van der Waals surface area (Å²) in [7, 11) is 0. The summed E-state index contributed by atoms with van der Waals surface area (Å²) in [6.45, 7) is 2.34. The van der Waals surface area contributed by atoms with Crippen molar-refractivity contribution in [3.63, 3.8) is 0 Å². The van der Waals surface area contributed by atoms with E-state index in [1.54, 1.807) is 24.3 Å². The lowest BCUT2D eigenvalue weighted by Gasteiger charge is -2.11. The molecule has 1 atom stereocenters. The number of thioether (sulfide) groups is 1. The Balaban J connectivity index is 1.80. The normalized spacial score (nSPS) is 12.2. The lowest BCUT2D eigenvalue weighted by atomic mass is 10.1. The Bertz CT molecular complexity index is 620. The third-order valence-corrected chi connectivity index (χ3v) is 4.07. The SMILES string of the molecule is C[C@@H]([NH2+]CC(=O)Nc1ccc(SC(F)F)cc1)c1ccccc1. The average Bonchev–Trinajstić information content (AvgIpc) is 2.55. The first-order valence-electron chi connectivity index (χ1n) is 7.27. The van der Waals surface area contributed by atoms with Crippen molar-refractivity contribution in [2.75, 3.05) is 11.9 Å². The van der Waals surface area contributed by atoms with Gasteiger partial charge in [0.2, 0.25) is 0 Å². The Morgan fingerprint density at radius 1 is 1.13 bits per heavy atom. The number of anilines is 1. The second-order valence-electron chi connectivity index (χ2n) is 5.09. The number of carbonyl (C=O) groups excluding carboxylic acids is 1. The number of quaternary nitrogens is 1. The highest BCUT2D eigenvalue weighted by Crippen LogP contribution is 2.26. The minimum Gasteiger partial charge on any atom is -0.333 e. The standard InChI is InChI=1S/C17H18F2N2OS/c1-12(13-5-3-2-4-6-13)20-11-16(22)21-14-7-9-15(10-8-14)23-17(18)19/h2-10,12,17,20H,11H2,1H3,(H,21,22)/p+1/t12-/m1/s1. The third kappa shape index (κ3) is 6.00. The van der Waals surface area contributed by atoms with Gasteiger partial charge in [0.05, 0.1) is 0 Å². The zero-order valence-corrected chi connectivity index (χ0v) is 13.5. The summed E-state index contributed by atoms with van der Waals surface area (Å²) < 4.78 is 24.5. The van der Waals surface area contributed by atoms with E-state index in [0.717, 1.165) is 5.56 Å². The van der Waals surface area contributed by atoms with Crippen molar-refractivity contribution in [1.82, 2.24) is 0 Å². The van der Waals surface area contributed by atoms with Crippen LogP contribution < -0.4 is 10.6 Å². The van der Waals surface area contributed by atoms with Gasteiger partial charge in [-0.25, -0.2) is 0 Å². The first-order valence-corrected chi connectivity index (χ1v) is 8.15. The predicted octanol–water partition coefficient (Wildman–Crippen LogP) is 3.26. The topological polar surface area (TPSA) is 45.7 Å². The highest BCUT2D eigenvalue weighted by atomic mass is 32.2. The van der Waals surface area contributed by atoms with E-state index in [2.05, 4.69) is 5.32 Å². The van der Waals surface area contributed by atoms with Crippen LogP contribution >= 0.6 is 11.8 Å². The third-order valence-electron chi connectivity index (χ3n) is 3.35. The van der Waals surface area contributed by atoms with Gasteiger partial charge in [0.15, 0.2) is 6.54 Å². The largest absolute Gasteiger partial charge is 0.333 e. The summed E-state index contributed by atoms with van der Waals surface area (Å²) in [6.07, 6.45) is 0. The van der Waals surface area contributed by atoms with Crippen molar-refractivity contribution in [2.24, 2.45) is 0 Å². The van der Waals surface area contributed by atoms with Crippen molar-refractivity contribution in [3.8, 4) is 0 Å². The van der Waals surface area contributed by atoms with Gasteiger partial charge < -0.3 is 10.6 Å². The second kappa shape index (κ2) is 8.64. The number of hydrogen-bond acceptors (Lipinski definition) is 2. The molecule has 0 radical (unpaired) electrons. The number of hydrogen-bond donors (Lipinski definition) is 2. The van der Waals surface area contributed by atoms with Crippen molar-refractivity contribution in [1.29, 1.82) is 0 Å². The quantitative estimate of drug-likeness (QED) is 0.762. The van der Waals surface area contributed by atoms with Crippen LogP contribution in [0.2, 0.25) is 0 Å². The smallest absolute Gasteiger partial charge is 0.288 e. The maximum atomic E-state index is 12.2. The minimum atomic E-state index is -2.44. The average molecular weight is 337 g/mol. The van der Waals surface area contributed by atoms with Crippen LogP contribution in [-0.4, -0.2) is 18.2 Å². The Hall–Kier alpha value is -1.92. The van der Waals surface area contributed by atoms with E-state index < -0.39 is 5.76 Å². The molecule has 0 saturated carbocycles. The summed E-state index contributed by atoms with van der Waals surface area (Å²) in [5.41, 5.74) is 1.77. The maximum Gasteiger partial charge on any atom is 0.288 e. The maximum absolute atomic E-state index is 12.2. The van der Waals surface area contributed by atoms with Gasteiger partial charge in [0.25, 0.3) is 11.7 Å². The van der Waals surface area contributed by atoms with Crippen LogP contribution in [0.25, 0.3) is 0 Å². The molecule has 0 unspecified atom stereocenters. The fourth-order valence-electron chi connectivity index (χ4n) is 2.11. The summed E-state index contributed by atoms with van der Waals surface area (Å²) in [5.74, 6) is -2.56. The first kappa shape index (κ1) is 17.4. The molecular formula is C17H19F2N2OS+. The fourth-order valence-corrected chi connectivity index (χ4v) is 2.61. The molecule has 2 aromatic rings. The highest BCUT2D eigenvalue weighted by Gasteiger charge is 2.11. The van der Waals surface area contributed by atoms with Crippen molar-refractivity contribution < 1.29 is 18.9 Å². The van der Waals surface area contributed by atoms with E-state index in [4.69, 9.17) is 0 Å². The zero-order chi connectivity index (χ0) is 16.7. The lowest BCUT2D eigenvalue weighted by molar-refractivity contribution is -0.682. The summed E-state index contributed by atoms with van der Waals surface area (Å²) in [4.78, 5) is 12.4. The molecule has 0 spiro atoms. The van der Waals surface area contributed by atoms with Crippen LogP contribution in [0.15, 0.2) is 59.5 Å². The Labute approximate surface area is 138 Å². The fraction of sp³-hybridized carbons (Fsp3) is 0.235. The van der Waals surface area contributed by atoms with Gasteiger partial charge in [0.1, 0.15) is 6.04 Å². The van der Waals surface area contributed by atoms with Crippen LogP contribution in [0, 0.1) is 0 Å². The highest BCUT2D eigenvalue weighted by molar-refractivity contribution is 7.99. The monoisotopic (exact) mass is 337 g/mol. The summed E-state index contributed by atoms with van der Waals surface area (Å²) in [6, 6.07) is 16.5. The van der Waals surface area contributed by atoms with E-state index in [1.165, 1.54) is 0 Å². The van der Waals surface area contributed by atoms with Crippen LogP contribution in [0.3, 0.4) is 0 Å². The molecule has 6 heteroatoms. The molecule has 0 bridgehead atoms. The summed E-state index contributed by atoms with van der Waals surface area (Å²) >= 11 is 0.486. The van der Waals surface area contributed by atoms with Crippen molar-refractivity contribution in [2.45, 2.75) is 23.6 Å². The molecule has 0 aromatic heterocycles. The molecule has 2 aromatic carbocycles. The van der Waals surface area contributed by atoms with E-state index >= 15 is 0 Å². The molecule has 0 aliphatic rings. The van der Waals surface area contributed by atoms with Crippen molar-refractivity contribution in [3.05, 3.63) is 60.2 Å². The molecule has 23 heavy (non-hydrogen) atoms. The molecule has 0 fully saturated rings. The van der Waals surface area contributed by atoms with E-state index in [9.17, 15) is 13.6 Å². The van der Waals surface area contributed by atoms with Gasteiger partial charge in [-0.15, -0.1) is 0 Å². The lowest BCUT2D eigenvalue weighted by Crippen LogP contribution is -2.86. The number of rotatable bonds is 7. The Morgan fingerprint density at radius 3 is 2.39 bits per heavy atom. The molecule has 0 heterocycles. The van der Waals surface area contributed by atoms with Gasteiger partial charge in [-0.3, -0.25) is 4.79 Å². The van der Waals surface area contributed by atoms with Crippen molar-refractivity contribution >= 4 is 23.4 Å². The van der Waals surface area contributed by atoms with Crippen LogP contribution in [0.5, 0.6) is 0 Å². The van der Waals surface area contributed by atoms with Gasteiger partial charge in [-0.05, 0) is 31.2 Å². The second-order valence-corrected chi connectivity index (χ2v) is 6.15. The molecule has 0 saturated heterocycles. The zero-order valence-electron chi connectivity index (χ0n) is 12.7. The van der Waals surface area contributed by atoms with Gasteiger partial charge in [-0.1, -0.05) is 42.1 Å². The molecule has 0 aliphatic carbocycles.